The Morgan fingerprint density at radius 2 is 2.04 bits per heavy atom. The molecule has 5 nitrogen and oxygen atoms in total. The van der Waals surface area contributed by atoms with Crippen LogP contribution in [0.1, 0.15) is 24.8 Å². The summed E-state index contributed by atoms with van der Waals surface area (Å²) in [6.45, 7) is 0. The normalized spacial score (nSPS) is 23.5. The zero-order valence-corrected chi connectivity index (χ0v) is 14.7. The van der Waals surface area contributed by atoms with Gasteiger partial charge >= 0.3 is 0 Å². The number of rotatable bonds is 4. The van der Waals surface area contributed by atoms with Crippen LogP contribution in [0.25, 0.3) is 0 Å². The van der Waals surface area contributed by atoms with Crippen LogP contribution in [0.15, 0.2) is 42.5 Å². The van der Waals surface area contributed by atoms with Crippen molar-refractivity contribution in [2.75, 3.05) is 5.32 Å². The van der Waals surface area contributed by atoms with E-state index in [9.17, 15) is 4.79 Å². The van der Waals surface area contributed by atoms with Gasteiger partial charge in [0.2, 0.25) is 5.91 Å². The number of hydrogen-bond acceptors (Lipinski definition) is 4. The Kier molecular flexibility index (Phi) is 4.54. The average molecular weight is 369 g/mol. The number of fused-ring (bicyclic) bond motifs is 2. The highest BCUT2D eigenvalue weighted by molar-refractivity contribution is 6.32. The fourth-order valence-electron chi connectivity index (χ4n) is 3.53. The molecule has 3 unspecified atom stereocenters. The van der Waals surface area contributed by atoms with Gasteiger partial charge in [-0.05, 0) is 61.7 Å². The van der Waals surface area contributed by atoms with Gasteiger partial charge in [-0.25, -0.2) is 0 Å². The molecule has 0 saturated carbocycles. The summed E-state index contributed by atoms with van der Waals surface area (Å²) in [5, 5.41) is 12.1. The van der Waals surface area contributed by atoms with E-state index in [0.29, 0.717) is 27.8 Å². The first kappa shape index (κ1) is 16.9. The third kappa shape index (κ3) is 3.39. The highest BCUT2D eigenvalue weighted by Gasteiger charge is 2.44. The summed E-state index contributed by atoms with van der Waals surface area (Å²) in [7, 11) is 0. The third-order valence-corrected chi connectivity index (χ3v) is 5.15. The van der Waals surface area contributed by atoms with Gasteiger partial charge in [0.25, 0.3) is 0 Å². The predicted octanol–water partition coefficient (Wildman–Crippen LogP) is 4.51. The average Bonchev–Trinajstić information content (AvgIpc) is 3.28. The standard InChI is InChI=1S/C20H17ClN2O3/c21-17-9-13(23-20(24)16-10-15-6-8-18(16)26-15)3-7-19(17)25-14-4-1-12(11-22)2-5-14/h1-5,7,9,15-16,18H,6,8,10H2,(H,23,24). The van der Waals surface area contributed by atoms with Gasteiger partial charge in [-0.1, -0.05) is 11.6 Å². The minimum Gasteiger partial charge on any atom is -0.456 e. The maximum atomic E-state index is 12.5. The molecule has 2 saturated heterocycles. The van der Waals surface area contributed by atoms with Crippen LogP contribution in [0.3, 0.4) is 0 Å². The van der Waals surface area contributed by atoms with E-state index in [-0.39, 0.29) is 24.0 Å². The minimum atomic E-state index is -0.0814. The molecule has 26 heavy (non-hydrogen) atoms. The van der Waals surface area contributed by atoms with Gasteiger partial charge in [0.15, 0.2) is 0 Å². The van der Waals surface area contributed by atoms with Crippen molar-refractivity contribution in [2.24, 2.45) is 5.92 Å². The quantitative estimate of drug-likeness (QED) is 0.861. The second-order valence-electron chi connectivity index (χ2n) is 6.59. The number of nitriles is 1. The first-order valence-electron chi connectivity index (χ1n) is 8.56. The SMILES string of the molecule is N#Cc1ccc(Oc2ccc(NC(=O)C3CC4CCC3O4)cc2Cl)cc1. The lowest BCUT2D eigenvalue weighted by Crippen LogP contribution is -2.30. The van der Waals surface area contributed by atoms with Crippen LogP contribution >= 0.6 is 11.6 Å². The van der Waals surface area contributed by atoms with E-state index >= 15 is 0 Å². The van der Waals surface area contributed by atoms with E-state index in [1.807, 2.05) is 0 Å². The minimum absolute atomic E-state index is 0.0194. The zero-order valence-electron chi connectivity index (χ0n) is 13.9. The van der Waals surface area contributed by atoms with Crippen molar-refractivity contribution in [1.29, 1.82) is 5.26 Å². The number of amides is 1. The van der Waals surface area contributed by atoms with Crippen molar-refractivity contribution >= 4 is 23.2 Å². The molecule has 3 atom stereocenters. The lowest BCUT2D eigenvalue weighted by atomic mass is 9.88. The zero-order chi connectivity index (χ0) is 18.1. The maximum Gasteiger partial charge on any atom is 0.230 e. The van der Waals surface area contributed by atoms with Crippen molar-refractivity contribution in [3.63, 3.8) is 0 Å². The number of carbonyl (C=O) groups excluding carboxylic acids is 1. The number of anilines is 1. The second kappa shape index (κ2) is 6.99. The van der Waals surface area contributed by atoms with Crippen LogP contribution in [0, 0.1) is 17.2 Å². The Morgan fingerprint density at radius 3 is 2.65 bits per heavy atom. The number of ether oxygens (including phenoxy) is 2. The number of halogens is 1. The smallest absolute Gasteiger partial charge is 0.230 e. The first-order chi connectivity index (χ1) is 12.6. The topological polar surface area (TPSA) is 71.3 Å². The molecule has 1 N–H and O–H groups in total. The van der Waals surface area contributed by atoms with Gasteiger partial charge in [-0.15, -0.1) is 0 Å². The number of carbonyl (C=O) groups is 1. The van der Waals surface area contributed by atoms with Crippen molar-refractivity contribution in [1.82, 2.24) is 0 Å². The summed E-state index contributed by atoms with van der Waals surface area (Å²) in [6, 6.07) is 14.0. The Bertz CT molecular complexity index is 876. The van der Waals surface area contributed by atoms with Crippen LogP contribution in [0.5, 0.6) is 11.5 Å². The molecule has 2 aliphatic heterocycles. The van der Waals surface area contributed by atoms with Crippen LogP contribution in [-0.2, 0) is 9.53 Å². The molecule has 132 valence electrons. The van der Waals surface area contributed by atoms with E-state index in [1.165, 1.54) is 0 Å². The molecule has 0 aromatic heterocycles. The lowest BCUT2D eigenvalue weighted by molar-refractivity contribution is -0.121. The monoisotopic (exact) mass is 368 g/mol. The van der Waals surface area contributed by atoms with E-state index in [4.69, 9.17) is 26.3 Å². The molecule has 6 heteroatoms. The van der Waals surface area contributed by atoms with Gasteiger partial charge in [-0.3, -0.25) is 4.79 Å². The van der Waals surface area contributed by atoms with Crippen molar-refractivity contribution in [3.8, 4) is 17.6 Å². The molecule has 0 aliphatic carbocycles. The molecule has 2 aromatic carbocycles. The maximum absolute atomic E-state index is 12.5. The highest BCUT2D eigenvalue weighted by atomic mass is 35.5. The third-order valence-electron chi connectivity index (χ3n) is 4.85. The molecule has 2 bridgehead atoms. The van der Waals surface area contributed by atoms with Crippen LogP contribution in [0.2, 0.25) is 5.02 Å². The Labute approximate surface area is 156 Å². The number of hydrogen-bond donors (Lipinski definition) is 1. The summed E-state index contributed by atoms with van der Waals surface area (Å²) < 4.78 is 11.5. The van der Waals surface area contributed by atoms with E-state index in [2.05, 4.69) is 11.4 Å². The van der Waals surface area contributed by atoms with Gasteiger partial charge in [0.05, 0.1) is 34.8 Å². The second-order valence-corrected chi connectivity index (χ2v) is 7.00. The molecular weight excluding hydrogens is 352 g/mol. The number of nitrogens with zero attached hydrogens (tertiary/aromatic N) is 1. The Hall–Kier alpha value is -2.55. The molecule has 2 aromatic rings. The summed E-state index contributed by atoms with van der Waals surface area (Å²) in [6.07, 6.45) is 3.10. The molecule has 2 heterocycles. The first-order valence-corrected chi connectivity index (χ1v) is 8.94. The fraction of sp³-hybridized carbons (Fsp3) is 0.300. The molecule has 4 rings (SSSR count). The van der Waals surface area contributed by atoms with Gasteiger partial charge in [0.1, 0.15) is 11.5 Å². The fourth-order valence-corrected chi connectivity index (χ4v) is 3.75. The molecule has 0 spiro atoms. The van der Waals surface area contributed by atoms with Crippen molar-refractivity contribution in [2.45, 2.75) is 31.5 Å². The molecule has 1 amide bonds. The van der Waals surface area contributed by atoms with Gasteiger partial charge < -0.3 is 14.8 Å². The summed E-state index contributed by atoms with van der Waals surface area (Å²) >= 11 is 6.29. The van der Waals surface area contributed by atoms with Gasteiger partial charge in [0, 0.05) is 5.69 Å². The van der Waals surface area contributed by atoms with Crippen molar-refractivity contribution in [3.05, 3.63) is 53.1 Å². The molecular formula is C20H17ClN2O3. The highest BCUT2D eigenvalue weighted by Crippen LogP contribution is 2.39. The lowest BCUT2D eigenvalue weighted by Gasteiger charge is -2.18. The number of benzene rings is 2. The largest absolute Gasteiger partial charge is 0.456 e. The van der Waals surface area contributed by atoms with Crippen LogP contribution in [-0.4, -0.2) is 18.1 Å². The summed E-state index contributed by atoms with van der Waals surface area (Å²) in [5.74, 6) is 0.968. The van der Waals surface area contributed by atoms with Crippen molar-refractivity contribution < 1.29 is 14.3 Å². The van der Waals surface area contributed by atoms with Crippen LogP contribution < -0.4 is 10.1 Å². The molecule has 0 radical (unpaired) electrons. The predicted molar refractivity (Wildman–Crippen MR) is 97.3 cm³/mol. The number of nitrogens with one attached hydrogen (secondary N) is 1. The summed E-state index contributed by atoms with van der Waals surface area (Å²) in [5.41, 5.74) is 1.20. The van der Waals surface area contributed by atoms with Gasteiger partial charge in [-0.2, -0.15) is 5.26 Å². The van der Waals surface area contributed by atoms with E-state index in [1.54, 1.807) is 42.5 Å². The molecule has 2 fully saturated rings. The van der Waals surface area contributed by atoms with E-state index < -0.39 is 0 Å². The molecule has 2 aliphatic rings. The van der Waals surface area contributed by atoms with E-state index in [0.717, 1.165) is 19.3 Å². The van der Waals surface area contributed by atoms with Crippen LogP contribution in [0.4, 0.5) is 5.69 Å². The Balaban J connectivity index is 1.42. The summed E-state index contributed by atoms with van der Waals surface area (Å²) in [4.78, 5) is 12.5. The Morgan fingerprint density at radius 1 is 1.23 bits per heavy atom.